The molecule has 60 heavy (non-hydrogen) atoms. The van der Waals surface area contributed by atoms with E-state index in [1.165, 1.54) is 163 Å². The van der Waals surface area contributed by atoms with Gasteiger partial charge in [0.1, 0.15) is 0 Å². The Morgan fingerprint density at radius 3 is 0.917 bits per heavy atom. The third-order valence-electron chi connectivity index (χ3n) is 13.4. The summed E-state index contributed by atoms with van der Waals surface area (Å²) in [6.45, 7) is 27.9. The molecule has 0 saturated carbocycles. The number of thiophene rings is 2. The number of benzene rings is 4. The van der Waals surface area contributed by atoms with Crippen molar-refractivity contribution in [1.29, 1.82) is 0 Å². The smallest absolute Gasteiger partial charge is 0.255 e. The van der Waals surface area contributed by atoms with Crippen molar-refractivity contribution in [3.63, 3.8) is 0 Å². The van der Waals surface area contributed by atoms with Gasteiger partial charge in [-0.2, -0.15) is 0 Å². The van der Waals surface area contributed by atoms with Crippen molar-refractivity contribution in [2.75, 3.05) is 0 Å². The first-order chi connectivity index (χ1) is 28.7. The molecule has 0 amide bonds. The lowest BCUT2D eigenvalue weighted by Gasteiger charge is -2.23. The van der Waals surface area contributed by atoms with Gasteiger partial charge < -0.3 is 4.98 Å². The van der Waals surface area contributed by atoms with Crippen LogP contribution in [0.3, 0.4) is 0 Å². The number of aryl methyl sites for hydroxylation is 14. The molecule has 306 valence electrons. The number of nitrogens with one attached hydrogen (secondary N) is 1. The molecule has 3 aromatic heterocycles. The predicted octanol–water partition coefficient (Wildman–Crippen LogP) is 11.3. The Morgan fingerprint density at radius 2 is 0.633 bits per heavy atom. The summed E-state index contributed by atoms with van der Waals surface area (Å²) in [5.74, 6) is 0. The van der Waals surface area contributed by atoms with Crippen LogP contribution in [-0.2, 0) is 12.8 Å². The lowest BCUT2D eigenvalue weighted by Crippen LogP contribution is -2.54. The molecule has 0 aliphatic carbocycles. The number of hydrogen-bond acceptors (Lipinski definition) is 2. The van der Waals surface area contributed by atoms with Gasteiger partial charge in [0.25, 0.3) is 13.4 Å². The molecule has 1 aliphatic rings. The third kappa shape index (κ3) is 8.22. The molecular formula is C55H63B2NS2. The van der Waals surface area contributed by atoms with E-state index >= 15 is 0 Å². The highest BCUT2D eigenvalue weighted by molar-refractivity contribution is 7.30. The summed E-state index contributed by atoms with van der Waals surface area (Å²) >= 11 is 4.06. The zero-order valence-corrected chi connectivity index (χ0v) is 40.0. The maximum absolute atomic E-state index is 4.08. The second-order valence-electron chi connectivity index (χ2n) is 18.7. The summed E-state index contributed by atoms with van der Waals surface area (Å²) in [7, 11) is 0. The number of H-pyrrole nitrogens is 1. The molecule has 0 atom stereocenters. The van der Waals surface area contributed by atoms with Crippen LogP contribution in [0, 0.1) is 83.1 Å². The van der Waals surface area contributed by atoms with Crippen LogP contribution < -0.4 is 31.4 Å². The van der Waals surface area contributed by atoms with Crippen molar-refractivity contribution in [3.05, 3.63) is 151 Å². The molecule has 0 unspecified atom stereocenters. The first-order valence-corrected chi connectivity index (χ1v) is 24.1. The maximum Gasteiger partial charge on any atom is 0.255 e. The Hall–Kier alpha value is -4.31. The van der Waals surface area contributed by atoms with Crippen LogP contribution in [0.4, 0.5) is 0 Å². The van der Waals surface area contributed by atoms with Crippen molar-refractivity contribution in [1.82, 2.24) is 4.98 Å². The summed E-state index contributed by atoms with van der Waals surface area (Å²) in [5, 5.41) is 0. The second kappa shape index (κ2) is 17.2. The minimum atomic E-state index is 0.186. The van der Waals surface area contributed by atoms with Gasteiger partial charge in [0, 0.05) is 0 Å². The highest BCUT2D eigenvalue weighted by atomic mass is 32.1. The monoisotopic (exact) mass is 823 g/mol. The van der Waals surface area contributed by atoms with E-state index in [0.29, 0.717) is 0 Å². The molecule has 4 aromatic carbocycles. The fourth-order valence-corrected chi connectivity index (χ4v) is 13.9. The van der Waals surface area contributed by atoms with Crippen molar-refractivity contribution in [3.8, 4) is 21.1 Å². The number of rotatable bonds is 6. The van der Waals surface area contributed by atoms with Crippen LogP contribution in [0.15, 0.2) is 72.8 Å². The van der Waals surface area contributed by atoms with Gasteiger partial charge in [-0.3, -0.25) is 0 Å². The molecule has 5 heteroatoms. The summed E-state index contributed by atoms with van der Waals surface area (Å²) in [5.41, 5.74) is 27.9. The predicted molar refractivity (Wildman–Crippen MR) is 270 cm³/mol. The van der Waals surface area contributed by atoms with Crippen molar-refractivity contribution in [2.24, 2.45) is 0 Å². The average Bonchev–Trinajstić information content (AvgIpc) is 3.90. The summed E-state index contributed by atoms with van der Waals surface area (Å²) in [6.07, 6.45) is 8.53. The van der Waals surface area contributed by atoms with Gasteiger partial charge in [0.2, 0.25) is 0 Å². The Bertz CT molecular complexity index is 2350. The summed E-state index contributed by atoms with van der Waals surface area (Å²) in [6, 6.07) is 29.1. The normalized spacial score (nSPS) is 13.2. The Kier molecular flexibility index (Phi) is 12.2. The van der Waals surface area contributed by atoms with Crippen LogP contribution in [0.2, 0.25) is 0 Å². The zero-order valence-electron chi connectivity index (χ0n) is 38.3. The number of hydrogen-bond donors (Lipinski definition) is 1. The molecule has 1 nitrogen and oxygen atoms in total. The van der Waals surface area contributed by atoms with E-state index in [0.717, 1.165) is 12.8 Å². The Morgan fingerprint density at radius 1 is 0.367 bits per heavy atom. The van der Waals surface area contributed by atoms with Gasteiger partial charge in [0.05, 0.1) is 21.1 Å². The van der Waals surface area contributed by atoms with Crippen molar-refractivity contribution >= 4 is 67.5 Å². The van der Waals surface area contributed by atoms with Crippen LogP contribution in [0.1, 0.15) is 110 Å². The highest BCUT2D eigenvalue weighted by Crippen LogP contribution is 2.36. The van der Waals surface area contributed by atoms with Crippen molar-refractivity contribution < 1.29 is 0 Å². The first-order valence-electron chi connectivity index (χ1n) is 22.4. The molecular weight excluding hydrogens is 760 g/mol. The van der Waals surface area contributed by atoms with Crippen LogP contribution in [-0.4, -0.2) is 18.4 Å². The van der Waals surface area contributed by atoms with Crippen LogP contribution in [0.5, 0.6) is 0 Å². The molecule has 4 heterocycles. The fourth-order valence-electron chi connectivity index (χ4n) is 11.3. The maximum atomic E-state index is 4.08. The van der Waals surface area contributed by atoms with E-state index in [1.807, 2.05) is 22.7 Å². The Labute approximate surface area is 370 Å². The second-order valence-corrected chi connectivity index (χ2v) is 20.8. The number of aromatic nitrogens is 1. The topological polar surface area (TPSA) is 15.8 Å². The molecule has 2 bridgehead atoms. The number of aromatic amines is 1. The SMILES string of the molecule is Cc1cc(C)c(B(c2cc3c(s2)-c2ccc([nH]2)-c2sc(B(c4c(C)cc(C)cc4C)c4c(C)cc(C)cc4C)cc2CCCCCCC3)c2c(C)cc(C)cc2C)c(C)c1. The van der Waals surface area contributed by atoms with E-state index in [2.05, 4.69) is 161 Å². The van der Waals surface area contributed by atoms with Crippen LogP contribution >= 0.6 is 22.7 Å². The Balaban J connectivity index is 1.29. The van der Waals surface area contributed by atoms with E-state index in [1.54, 1.807) is 0 Å². The lowest BCUT2D eigenvalue weighted by atomic mass is 9.36. The molecule has 1 N–H and O–H groups in total. The first kappa shape index (κ1) is 42.4. The summed E-state index contributed by atoms with van der Waals surface area (Å²) < 4.78 is 2.92. The average molecular weight is 824 g/mol. The summed E-state index contributed by atoms with van der Waals surface area (Å²) in [4.78, 5) is 6.91. The molecule has 0 spiro atoms. The largest absolute Gasteiger partial charge is 0.353 e. The minimum absolute atomic E-state index is 0.186. The lowest BCUT2D eigenvalue weighted by molar-refractivity contribution is 0.614. The zero-order chi connectivity index (χ0) is 42.6. The van der Waals surface area contributed by atoms with Gasteiger partial charge in [-0.1, -0.05) is 169 Å². The molecule has 0 fully saturated rings. The van der Waals surface area contributed by atoms with E-state index in [4.69, 9.17) is 0 Å². The minimum Gasteiger partial charge on any atom is -0.353 e. The van der Waals surface area contributed by atoms with Gasteiger partial charge >= 0.3 is 0 Å². The molecule has 7 aromatic rings. The van der Waals surface area contributed by atoms with Gasteiger partial charge in [-0.25, -0.2) is 0 Å². The van der Waals surface area contributed by atoms with Gasteiger partial charge in [0.15, 0.2) is 0 Å². The quantitative estimate of drug-likeness (QED) is 0.161. The highest BCUT2D eigenvalue weighted by Gasteiger charge is 2.33. The van der Waals surface area contributed by atoms with Gasteiger partial charge in [-0.15, -0.1) is 22.7 Å². The van der Waals surface area contributed by atoms with E-state index in [-0.39, 0.29) is 13.4 Å². The van der Waals surface area contributed by atoms with Crippen molar-refractivity contribution in [2.45, 2.75) is 128 Å². The standard InChI is InChI=1S/C55H63B2NS2/c1-32-22-36(5)50(37(6)23-32)56(51-38(7)24-33(2)25-39(51)8)48-30-44-18-16-14-13-15-17-19-45-31-49(60-55(45)47-21-20-46(58-47)54(44)59-48)57(52-40(9)26-34(3)27-41(52)10)53-42(11)28-35(4)29-43(53)12/h20-31,58H,13-19H2,1-12H3. The molecule has 8 rings (SSSR count). The fraction of sp³-hybridized carbons (Fsp3) is 0.345. The molecule has 1 aliphatic heterocycles. The number of fused-ring (bicyclic) bond motifs is 6. The van der Waals surface area contributed by atoms with Crippen LogP contribution in [0.25, 0.3) is 21.1 Å². The van der Waals surface area contributed by atoms with E-state index < -0.39 is 0 Å². The molecule has 0 saturated heterocycles. The molecule has 0 radical (unpaired) electrons. The van der Waals surface area contributed by atoms with E-state index in [9.17, 15) is 0 Å². The third-order valence-corrected chi connectivity index (χ3v) is 16.0. The van der Waals surface area contributed by atoms with Gasteiger partial charge in [-0.05, 0) is 142 Å².